The molecule has 2 aromatic carbocycles. The Kier molecular flexibility index (Phi) is 6.65. The molecule has 3 N–H and O–H groups in total. The van der Waals surface area contributed by atoms with Gasteiger partial charge in [-0.1, -0.05) is 36.7 Å². The average molecular weight is 515 g/mol. The summed E-state index contributed by atoms with van der Waals surface area (Å²) in [6, 6.07) is 14.4. The minimum atomic E-state index is 0.511. The van der Waals surface area contributed by atoms with E-state index < -0.39 is 0 Å². The molecule has 0 amide bonds. The molecule has 192 valence electrons. The number of aromatic amines is 1. The molecule has 6 rings (SSSR count). The number of piperazine rings is 1. The van der Waals surface area contributed by atoms with Crippen LogP contribution in [-0.2, 0) is 6.54 Å². The summed E-state index contributed by atoms with van der Waals surface area (Å²) in [5.41, 5.74) is 7.80. The molecule has 1 aliphatic carbocycles. The van der Waals surface area contributed by atoms with Crippen LogP contribution in [0.2, 0.25) is 5.02 Å². The molecule has 37 heavy (non-hydrogen) atoms. The van der Waals surface area contributed by atoms with Crippen LogP contribution in [0, 0.1) is 6.92 Å². The first-order chi connectivity index (χ1) is 17.9. The first-order valence-electron chi connectivity index (χ1n) is 13.4. The van der Waals surface area contributed by atoms with Crippen molar-refractivity contribution in [3.8, 4) is 11.3 Å². The summed E-state index contributed by atoms with van der Waals surface area (Å²) < 4.78 is 0. The van der Waals surface area contributed by atoms with Gasteiger partial charge < -0.3 is 15.6 Å². The Hall–Kier alpha value is -2.93. The molecular weight excluding hydrogens is 480 g/mol. The van der Waals surface area contributed by atoms with Gasteiger partial charge in [-0.05, 0) is 73.9 Å². The van der Waals surface area contributed by atoms with Crippen molar-refractivity contribution in [1.29, 1.82) is 0 Å². The summed E-state index contributed by atoms with van der Waals surface area (Å²) in [6.07, 6.45) is 7.37. The number of rotatable bonds is 7. The molecule has 1 saturated heterocycles. The van der Waals surface area contributed by atoms with Gasteiger partial charge in [-0.2, -0.15) is 0 Å². The Balaban J connectivity index is 1.28. The smallest absolute Gasteiger partial charge is 0.227 e. The Morgan fingerprint density at radius 1 is 1.14 bits per heavy atom. The first-order valence-corrected chi connectivity index (χ1v) is 13.8. The van der Waals surface area contributed by atoms with E-state index in [9.17, 15) is 0 Å². The summed E-state index contributed by atoms with van der Waals surface area (Å²) in [4.78, 5) is 15.3. The zero-order chi connectivity index (χ0) is 25.5. The Bertz CT molecular complexity index is 1430. The summed E-state index contributed by atoms with van der Waals surface area (Å²) in [5, 5.41) is 8.86. The van der Waals surface area contributed by atoms with Gasteiger partial charge in [0, 0.05) is 60.1 Å². The third-order valence-corrected chi connectivity index (χ3v) is 7.86. The molecule has 0 bridgehead atoms. The SMILES string of the molecule is CC[C@H]1CN(Cc2cc(Nc3ncc(Cl)c(-c4c[nH]c5cc(C)ccc45)n3)cc(C3CC3)c2)C[C@@H](C)N1. The molecule has 2 atom stereocenters. The fraction of sp³-hybridized carbons (Fsp3) is 0.400. The molecule has 2 aliphatic rings. The second-order valence-electron chi connectivity index (χ2n) is 10.9. The van der Waals surface area contributed by atoms with E-state index in [1.165, 1.54) is 29.5 Å². The van der Waals surface area contributed by atoms with Crippen molar-refractivity contribution in [3.05, 3.63) is 70.5 Å². The van der Waals surface area contributed by atoms with Crippen LogP contribution in [0.1, 0.15) is 55.7 Å². The molecule has 4 aromatic rings. The van der Waals surface area contributed by atoms with Crippen LogP contribution in [0.15, 0.2) is 48.8 Å². The average Bonchev–Trinajstić information content (AvgIpc) is 3.65. The van der Waals surface area contributed by atoms with E-state index in [0.29, 0.717) is 29.0 Å². The summed E-state index contributed by atoms with van der Waals surface area (Å²) in [7, 11) is 0. The molecule has 3 heterocycles. The van der Waals surface area contributed by atoms with Crippen LogP contribution >= 0.6 is 11.6 Å². The minimum absolute atomic E-state index is 0.511. The maximum atomic E-state index is 6.59. The second kappa shape index (κ2) is 10.1. The maximum absolute atomic E-state index is 6.59. The van der Waals surface area contributed by atoms with Gasteiger partial charge in [0.05, 0.1) is 16.9 Å². The van der Waals surface area contributed by atoms with Gasteiger partial charge in [0.25, 0.3) is 0 Å². The van der Waals surface area contributed by atoms with E-state index in [1.807, 2.05) is 6.20 Å². The lowest BCUT2D eigenvalue weighted by Crippen LogP contribution is -2.54. The summed E-state index contributed by atoms with van der Waals surface area (Å²) in [6.45, 7) is 9.76. The van der Waals surface area contributed by atoms with E-state index in [-0.39, 0.29) is 0 Å². The zero-order valence-corrected chi connectivity index (χ0v) is 22.6. The number of aromatic nitrogens is 3. The number of nitrogens with zero attached hydrogens (tertiary/aromatic N) is 3. The lowest BCUT2D eigenvalue weighted by atomic mass is 10.0. The monoisotopic (exact) mass is 514 g/mol. The number of hydrogen-bond acceptors (Lipinski definition) is 5. The van der Waals surface area contributed by atoms with Crippen LogP contribution in [0.3, 0.4) is 0 Å². The van der Waals surface area contributed by atoms with Crippen molar-refractivity contribution in [1.82, 2.24) is 25.2 Å². The molecule has 0 spiro atoms. The van der Waals surface area contributed by atoms with Crippen molar-refractivity contribution < 1.29 is 0 Å². The summed E-state index contributed by atoms with van der Waals surface area (Å²) in [5.74, 6) is 1.23. The second-order valence-corrected chi connectivity index (χ2v) is 11.3. The number of anilines is 2. The molecule has 7 heteroatoms. The minimum Gasteiger partial charge on any atom is -0.360 e. The Morgan fingerprint density at radius 2 is 2.00 bits per heavy atom. The van der Waals surface area contributed by atoms with Crippen LogP contribution in [0.5, 0.6) is 0 Å². The molecule has 1 saturated carbocycles. The van der Waals surface area contributed by atoms with E-state index in [1.54, 1.807) is 6.20 Å². The lowest BCUT2D eigenvalue weighted by molar-refractivity contribution is 0.157. The van der Waals surface area contributed by atoms with Crippen LogP contribution in [-0.4, -0.2) is 45.0 Å². The van der Waals surface area contributed by atoms with Crippen LogP contribution in [0.25, 0.3) is 22.2 Å². The quantitative estimate of drug-likeness (QED) is 0.253. The predicted molar refractivity (Wildman–Crippen MR) is 153 cm³/mol. The topological polar surface area (TPSA) is 68.9 Å². The largest absolute Gasteiger partial charge is 0.360 e. The van der Waals surface area contributed by atoms with E-state index in [4.69, 9.17) is 16.6 Å². The fourth-order valence-corrected chi connectivity index (χ4v) is 5.82. The van der Waals surface area contributed by atoms with Gasteiger partial charge in [-0.3, -0.25) is 4.90 Å². The van der Waals surface area contributed by atoms with Crippen LogP contribution in [0.4, 0.5) is 11.6 Å². The van der Waals surface area contributed by atoms with Gasteiger partial charge in [-0.25, -0.2) is 9.97 Å². The molecule has 2 aromatic heterocycles. The number of aryl methyl sites for hydroxylation is 1. The van der Waals surface area contributed by atoms with Gasteiger partial charge in [-0.15, -0.1) is 0 Å². The van der Waals surface area contributed by atoms with Crippen molar-refractivity contribution >= 4 is 34.1 Å². The Morgan fingerprint density at radius 3 is 2.81 bits per heavy atom. The highest BCUT2D eigenvalue weighted by atomic mass is 35.5. The number of halogens is 1. The molecular formula is C30H35ClN6. The predicted octanol–water partition coefficient (Wildman–Crippen LogP) is 6.78. The molecule has 1 aliphatic heterocycles. The van der Waals surface area contributed by atoms with E-state index in [2.05, 4.69) is 82.7 Å². The summed E-state index contributed by atoms with van der Waals surface area (Å²) >= 11 is 6.59. The van der Waals surface area contributed by atoms with Gasteiger partial charge in [0.1, 0.15) is 0 Å². The van der Waals surface area contributed by atoms with Crippen molar-refractivity contribution in [2.75, 3.05) is 18.4 Å². The molecule has 2 fully saturated rings. The van der Waals surface area contributed by atoms with E-state index >= 15 is 0 Å². The van der Waals surface area contributed by atoms with Crippen LogP contribution < -0.4 is 10.6 Å². The highest BCUT2D eigenvalue weighted by molar-refractivity contribution is 6.33. The number of nitrogens with one attached hydrogen (secondary N) is 3. The normalized spacial score (nSPS) is 20.4. The lowest BCUT2D eigenvalue weighted by Gasteiger charge is -2.37. The maximum Gasteiger partial charge on any atom is 0.227 e. The van der Waals surface area contributed by atoms with Crippen molar-refractivity contribution in [3.63, 3.8) is 0 Å². The highest BCUT2D eigenvalue weighted by Gasteiger charge is 2.26. The highest BCUT2D eigenvalue weighted by Crippen LogP contribution is 2.42. The zero-order valence-electron chi connectivity index (χ0n) is 21.8. The van der Waals surface area contributed by atoms with Crippen molar-refractivity contribution in [2.24, 2.45) is 0 Å². The van der Waals surface area contributed by atoms with Gasteiger partial charge >= 0.3 is 0 Å². The number of hydrogen-bond donors (Lipinski definition) is 3. The Labute approximate surface area is 223 Å². The number of fused-ring (bicyclic) bond motifs is 1. The fourth-order valence-electron chi connectivity index (χ4n) is 5.63. The molecule has 0 unspecified atom stereocenters. The third kappa shape index (κ3) is 5.37. The number of benzene rings is 2. The molecule has 0 radical (unpaired) electrons. The standard InChI is InChI=1S/C30H35ClN6/c1-4-23-17-37(15-19(3)34-23)16-20-10-22(21-6-7-21)12-24(11-20)35-30-33-14-27(31)29(36-30)26-13-32-28-9-18(2)5-8-25(26)28/h5,8-14,19,21,23,32,34H,4,6-7,15-17H2,1-3H3,(H,33,35,36)/t19-,23+/m1/s1. The first kappa shape index (κ1) is 24.4. The van der Waals surface area contributed by atoms with Gasteiger partial charge in [0.2, 0.25) is 5.95 Å². The molecule has 6 nitrogen and oxygen atoms in total. The van der Waals surface area contributed by atoms with Crippen molar-refractivity contribution in [2.45, 2.75) is 64.6 Å². The van der Waals surface area contributed by atoms with Gasteiger partial charge in [0.15, 0.2) is 0 Å². The third-order valence-electron chi connectivity index (χ3n) is 7.59. The number of H-pyrrole nitrogens is 1. The van der Waals surface area contributed by atoms with E-state index in [0.717, 1.165) is 53.9 Å².